The summed E-state index contributed by atoms with van der Waals surface area (Å²) >= 11 is 4.91. The van der Waals surface area contributed by atoms with Crippen molar-refractivity contribution in [3.05, 3.63) is 26.8 Å². The lowest BCUT2D eigenvalue weighted by atomic mass is 10.4. The van der Waals surface area contributed by atoms with E-state index in [1.807, 2.05) is 0 Å². The summed E-state index contributed by atoms with van der Waals surface area (Å²) in [5.41, 5.74) is -0.111. The largest absolute Gasteiger partial charge is 0.309 e. The van der Waals surface area contributed by atoms with Crippen LogP contribution in [0.4, 0.5) is 0 Å². The van der Waals surface area contributed by atoms with E-state index in [1.165, 1.54) is 0 Å². The molecule has 3 nitrogen and oxygen atoms in total. The van der Waals surface area contributed by atoms with Crippen molar-refractivity contribution in [3.8, 4) is 0 Å². The van der Waals surface area contributed by atoms with Crippen molar-refractivity contribution in [2.45, 2.75) is 31.3 Å². The van der Waals surface area contributed by atoms with Crippen LogP contribution in [0, 0.1) is 0 Å². The van der Waals surface area contributed by atoms with E-state index in [0.717, 1.165) is 18.0 Å². The monoisotopic (exact) mass is 276 g/mol. The molecule has 1 atom stereocenters. The van der Waals surface area contributed by atoms with Crippen LogP contribution in [0.1, 0.15) is 26.1 Å². The smallest absolute Gasteiger partial charge is 0.265 e. The van der Waals surface area contributed by atoms with Gasteiger partial charge in [-0.05, 0) is 22.4 Å². The van der Waals surface area contributed by atoms with Gasteiger partial charge in [0, 0.05) is 11.4 Å². The van der Waals surface area contributed by atoms with Crippen LogP contribution < -0.4 is 5.56 Å². The lowest BCUT2D eigenvalue weighted by Crippen LogP contribution is -2.11. The molecule has 1 N–H and O–H groups in total. The van der Waals surface area contributed by atoms with Crippen LogP contribution in [0.15, 0.2) is 15.5 Å². The summed E-state index contributed by atoms with van der Waals surface area (Å²) in [6, 6.07) is 0. The number of aromatic amines is 1. The predicted octanol–water partition coefficient (Wildman–Crippen LogP) is 2.56. The molecule has 0 saturated heterocycles. The Bertz CT molecular complexity index is 353. The highest BCUT2D eigenvalue weighted by atomic mass is 79.9. The van der Waals surface area contributed by atoms with E-state index in [-0.39, 0.29) is 5.56 Å². The van der Waals surface area contributed by atoms with Crippen LogP contribution in [-0.4, -0.2) is 15.2 Å². The van der Waals surface area contributed by atoms with Crippen molar-refractivity contribution >= 4 is 27.7 Å². The van der Waals surface area contributed by atoms with E-state index < -0.39 is 0 Å². The quantitative estimate of drug-likeness (QED) is 0.920. The Balaban J connectivity index is 2.60. The average Bonchev–Trinajstić information content (AvgIpc) is 2.19. The molecule has 1 aromatic rings. The molecule has 14 heavy (non-hydrogen) atoms. The number of aromatic nitrogens is 2. The molecule has 0 bridgehead atoms. The predicted molar refractivity (Wildman–Crippen MR) is 63.6 cm³/mol. The maximum Gasteiger partial charge on any atom is 0.265 e. The maximum absolute atomic E-state index is 11.2. The third-order valence-corrected chi connectivity index (χ3v) is 3.80. The number of H-pyrrole nitrogens is 1. The second-order valence-electron chi connectivity index (χ2n) is 3.04. The Morgan fingerprint density at radius 3 is 3.00 bits per heavy atom. The molecule has 0 fully saturated rings. The van der Waals surface area contributed by atoms with Gasteiger partial charge in [0.1, 0.15) is 10.3 Å². The van der Waals surface area contributed by atoms with Crippen LogP contribution in [0.5, 0.6) is 0 Å². The fourth-order valence-corrected chi connectivity index (χ4v) is 1.85. The number of rotatable bonds is 4. The number of halogens is 1. The zero-order chi connectivity index (χ0) is 10.6. The van der Waals surface area contributed by atoms with Crippen LogP contribution in [-0.2, 0) is 5.75 Å². The molecule has 78 valence electrons. The molecule has 5 heteroatoms. The average molecular weight is 277 g/mol. The van der Waals surface area contributed by atoms with Crippen LogP contribution in [0.2, 0.25) is 0 Å². The van der Waals surface area contributed by atoms with Gasteiger partial charge in [-0.3, -0.25) is 4.79 Å². The Kier molecular flexibility index (Phi) is 4.68. The van der Waals surface area contributed by atoms with Gasteiger partial charge >= 0.3 is 0 Å². The number of hydrogen-bond donors (Lipinski definition) is 1. The summed E-state index contributed by atoms with van der Waals surface area (Å²) in [5, 5.41) is 0.601. The zero-order valence-corrected chi connectivity index (χ0v) is 10.6. The molecule has 0 spiro atoms. The van der Waals surface area contributed by atoms with Crippen molar-refractivity contribution in [2.75, 3.05) is 0 Å². The molecule has 1 unspecified atom stereocenters. The van der Waals surface area contributed by atoms with E-state index >= 15 is 0 Å². The zero-order valence-electron chi connectivity index (χ0n) is 8.21. The van der Waals surface area contributed by atoms with E-state index in [1.54, 1.807) is 18.0 Å². The molecular formula is C9H13BrN2OS. The summed E-state index contributed by atoms with van der Waals surface area (Å²) in [7, 11) is 0. The van der Waals surface area contributed by atoms with E-state index in [2.05, 4.69) is 39.7 Å². The Hall–Kier alpha value is -0.290. The van der Waals surface area contributed by atoms with Crippen molar-refractivity contribution in [1.29, 1.82) is 0 Å². The Morgan fingerprint density at radius 1 is 1.71 bits per heavy atom. The van der Waals surface area contributed by atoms with E-state index in [0.29, 0.717) is 9.72 Å². The summed E-state index contributed by atoms with van der Waals surface area (Å²) in [6.45, 7) is 4.32. The summed E-state index contributed by atoms with van der Waals surface area (Å²) in [6.07, 6.45) is 2.68. The molecule has 0 aliphatic rings. The van der Waals surface area contributed by atoms with Gasteiger partial charge in [0.25, 0.3) is 5.56 Å². The van der Waals surface area contributed by atoms with Crippen molar-refractivity contribution in [2.24, 2.45) is 0 Å². The van der Waals surface area contributed by atoms with Gasteiger partial charge < -0.3 is 4.98 Å². The number of nitrogens with zero attached hydrogens (tertiary/aromatic N) is 1. The third kappa shape index (κ3) is 3.46. The van der Waals surface area contributed by atoms with Crippen LogP contribution in [0.3, 0.4) is 0 Å². The van der Waals surface area contributed by atoms with Crippen molar-refractivity contribution in [1.82, 2.24) is 9.97 Å². The minimum atomic E-state index is -0.111. The summed E-state index contributed by atoms with van der Waals surface area (Å²) < 4.78 is 0.481. The molecular weight excluding hydrogens is 264 g/mol. The first kappa shape index (κ1) is 11.8. The lowest BCUT2D eigenvalue weighted by molar-refractivity contribution is 0.899. The van der Waals surface area contributed by atoms with E-state index in [9.17, 15) is 4.79 Å². The molecule has 0 aromatic carbocycles. The number of thioether (sulfide) groups is 1. The first-order chi connectivity index (χ1) is 6.63. The fourth-order valence-electron chi connectivity index (χ4n) is 0.829. The third-order valence-electron chi connectivity index (χ3n) is 1.89. The summed E-state index contributed by atoms with van der Waals surface area (Å²) in [5.74, 6) is 1.50. The molecule has 0 amide bonds. The fraction of sp³-hybridized carbons (Fsp3) is 0.556. The minimum Gasteiger partial charge on any atom is -0.309 e. The molecule has 0 aliphatic carbocycles. The van der Waals surface area contributed by atoms with Crippen LogP contribution >= 0.6 is 27.7 Å². The SMILES string of the molecule is CCC(C)SCc1ncc(Br)c(=O)[nH]1. The van der Waals surface area contributed by atoms with Gasteiger partial charge in [-0.2, -0.15) is 11.8 Å². The van der Waals surface area contributed by atoms with Crippen molar-refractivity contribution < 1.29 is 0 Å². The number of hydrogen-bond acceptors (Lipinski definition) is 3. The number of nitrogens with one attached hydrogen (secondary N) is 1. The highest BCUT2D eigenvalue weighted by Gasteiger charge is 2.03. The van der Waals surface area contributed by atoms with Gasteiger partial charge in [0.15, 0.2) is 0 Å². The molecule has 0 saturated carbocycles. The van der Waals surface area contributed by atoms with Gasteiger partial charge in [0.2, 0.25) is 0 Å². The van der Waals surface area contributed by atoms with Gasteiger partial charge in [0.05, 0.1) is 5.75 Å². The Labute approximate surface area is 95.8 Å². The minimum absolute atomic E-state index is 0.111. The first-order valence-electron chi connectivity index (χ1n) is 4.48. The van der Waals surface area contributed by atoms with Crippen LogP contribution in [0.25, 0.3) is 0 Å². The molecule has 1 aromatic heterocycles. The highest BCUT2D eigenvalue weighted by Crippen LogP contribution is 2.17. The second-order valence-corrected chi connectivity index (χ2v) is 5.32. The molecule has 0 aliphatic heterocycles. The molecule has 1 rings (SSSR count). The second kappa shape index (κ2) is 5.56. The molecule has 1 heterocycles. The standard InChI is InChI=1S/C9H13BrN2OS/c1-3-6(2)14-5-8-11-4-7(10)9(13)12-8/h4,6H,3,5H2,1-2H3,(H,11,12,13). The molecule has 0 radical (unpaired) electrons. The maximum atomic E-state index is 11.2. The topological polar surface area (TPSA) is 45.8 Å². The highest BCUT2D eigenvalue weighted by molar-refractivity contribution is 9.10. The van der Waals surface area contributed by atoms with Gasteiger partial charge in [-0.1, -0.05) is 13.8 Å². The first-order valence-corrected chi connectivity index (χ1v) is 6.33. The van der Waals surface area contributed by atoms with Crippen molar-refractivity contribution in [3.63, 3.8) is 0 Å². The normalized spacial score (nSPS) is 12.8. The summed E-state index contributed by atoms with van der Waals surface area (Å²) in [4.78, 5) is 18.0. The Morgan fingerprint density at radius 2 is 2.43 bits per heavy atom. The van der Waals surface area contributed by atoms with E-state index in [4.69, 9.17) is 0 Å². The van der Waals surface area contributed by atoms with Gasteiger partial charge in [-0.15, -0.1) is 0 Å². The van der Waals surface area contributed by atoms with Gasteiger partial charge in [-0.25, -0.2) is 4.98 Å². The lowest BCUT2D eigenvalue weighted by Gasteiger charge is -2.06.